The molecule has 2 fully saturated rings. The van der Waals surface area contributed by atoms with Gasteiger partial charge in [-0.15, -0.1) is 0 Å². The lowest BCUT2D eigenvalue weighted by Crippen LogP contribution is -2.64. The average Bonchev–Trinajstić information content (AvgIpc) is 3.33. The first-order chi connectivity index (χ1) is 31.3. The zero-order valence-electron chi connectivity index (χ0n) is 36.2. The van der Waals surface area contributed by atoms with Gasteiger partial charge >= 0.3 is 0 Å². The molecule has 14 heteroatoms. The fourth-order valence-corrected chi connectivity index (χ4v) is 6.75. The van der Waals surface area contributed by atoms with E-state index in [-0.39, 0.29) is 19.8 Å². The molecule has 2 aliphatic heterocycles. The molecule has 2 saturated heterocycles. The van der Waals surface area contributed by atoms with E-state index in [1.165, 1.54) is 0 Å². The van der Waals surface area contributed by atoms with E-state index in [0.717, 1.165) is 16.7 Å². The summed E-state index contributed by atoms with van der Waals surface area (Å²) in [6.45, 7) is 8.20. The molecule has 0 spiro atoms. The van der Waals surface area contributed by atoms with Gasteiger partial charge in [0.15, 0.2) is 6.29 Å². The van der Waals surface area contributed by atoms with E-state index in [9.17, 15) is 0 Å². The molecule has 0 bridgehead atoms. The van der Waals surface area contributed by atoms with Crippen LogP contribution in [0.15, 0.2) is 121 Å². The van der Waals surface area contributed by atoms with E-state index < -0.39 is 37.0 Å². The number of benzene rings is 4. The summed E-state index contributed by atoms with van der Waals surface area (Å²) in [6.07, 6.45) is -3.69. The SMILES string of the molecule is c1ccc(COCCOCCOCCOCCO[C@@H]2[C@@H](OCCOCCOCCOCCOCc3ccccc3)[C@H](Oc3ccccc3)O[C@@H]3CO[C@@H](c4ccccc4)O[C@@H]23)cc1. The van der Waals surface area contributed by atoms with E-state index in [2.05, 4.69) is 0 Å². The van der Waals surface area contributed by atoms with Crippen LogP contribution >= 0.6 is 0 Å². The maximum absolute atomic E-state index is 6.59. The largest absolute Gasteiger partial charge is 0.462 e. The molecule has 2 aliphatic rings. The van der Waals surface area contributed by atoms with Crippen molar-refractivity contribution in [2.45, 2.75) is 50.2 Å². The molecular formula is C49H64O14. The lowest BCUT2D eigenvalue weighted by atomic mass is 9.97. The second kappa shape index (κ2) is 30.3. The highest BCUT2D eigenvalue weighted by atomic mass is 16.8. The predicted octanol–water partition coefficient (Wildman–Crippen LogP) is 6.21. The van der Waals surface area contributed by atoms with Crippen molar-refractivity contribution in [1.82, 2.24) is 0 Å². The lowest BCUT2D eigenvalue weighted by Gasteiger charge is -2.48. The van der Waals surface area contributed by atoms with Gasteiger partial charge in [0.25, 0.3) is 0 Å². The van der Waals surface area contributed by atoms with Crippen LogP contribution in [0.3, 0.4) is 0 Å². The number of ether oxygens (including phenoxy) is 14. The van der Waals surface area contributed by atoms with Gasteiger partial charge in [0.2, 0.25) is 6.29 Å². The number of fused-ring (bicyclic) bond motifs is 1. The quantitative estimate of drug-likeness (QED) is 0.0504. The van der Waals surface area contributed by atoms with Crippen molar-refractivity contribution in [1.29, 1.82) is 0 Å². The van der Waals surface area contributed by atoms with Crippen LogP contribution in [-0.4, -0.2) is 143 Å². The zero-order valence-corrected chi connectivity index (χ0v) is 36.2. The first kappa shape index (κ1) is 48.6. The van der Waals surface area contributed by atoms with Crippen LogP contribution in [0.1, 0.15) is 23.0 Å². The third-order valence-electron chi connectivity index (χ3n) is 9.88. The van der Waals surface area contributed by atoms with E-state index in [4.69, 9.17) is 66.3 Å². The molecule has 0 N–H and O–H groups in total. The van der Waals surface area contributed by atoms with Crippen LogP contribution in [0.4, 0.5) is 0 Å². The number of para-hydroxylation sites is 1. The van der Waals surface area contributed by atoms with Gasteiger partial charge in [-0.05, 0) is 23.3 Å². The molecule has 0 aromatic heterocycles. The molecule has 63 heavy (non-hydrogen) atoms. The molecular weight excluding hydrogens is 813 g/mol. The Hall–Kier alpha value is -3.84. The van der Waals surface area contributed by atoms with E-state index in [1.54, 1.807) is 0 Å². The van der Waals surface area contributed by atoms with E-state index in [1.807, 2.05) is 121 Å². The van der Waals surface area contributed by atoms with Crippen LogP contribution in [0.5, 0.6) is 5.75 Å². The molecule has 2 heterocycles. The third-order valence-corrected chi connectivity index (χ3v) is 9.88. The molecule has 0 radical (unpaired) electrons. The van der Waals surface area contributed by atoms with Crippen LogP contribution in [0, 0.1) is 0 Å². The first-order valence-electron chi connectivity index (χ1n) is 22.0. The zero-order chi connectivity index (χ0) is 43.3. The topological polar surface area (TPSA) is 129 Å². The first-order valence-corrected chi connectivity index (χ1v) is 22.0. The van der Waals surface area contributed by atoms with E-state index in [0.29, 0.717) is 111 Å². The molecule has 14 nitrogen and oxygen atoms in total. The fourth-order valence-electron chi connectivity index (χ4n) is 6.75. The number of hydrogen-bond donors (Lipinski definition) is 0. The molecule has 4 aromatic carbocycles. The fraction of sp³-hybridized carbons (Fsp3) is 0.510. The van der Waals surface area contributed by atoms with Gasteiger partial charge in [0.1, 0.15) is 30.2 Å². The number of rotatable bonds is 33. The molecule has 6 atom stereocenters. The number of hydrogen-bond acceptors (Lipinski definition) is 14. The highest BCUT2D eigenvalue weighted by Crippen LogP contribution is 2.37. The predicted molar refractivity (Wildman–Crippen MR) is 232 cm³/mol. The Kier molecular flexibility index (Phi) is 23.4. The van der Waals surface area contributed by atoms with Crippen molar-refractivity contribution in [3.05, 3.63) is 138 Å². The molecule has 6 rings (SSSR count). The normalized spacial score (nSPS) is 21.0. The lowest BCUT2D eigenvalue weighted by molar-refractivity contribution is -0.360. The minimum atomic E-state index is -0.821. The minimum absolute atomic E-state index is 0.253. The summed E-state index contributed by atoms with van der Waals surface area (Å²) in [5.41, 5.74) is 3.18. The van der Waals surface area contributed by atoms with Crippen LogP contribution in [0.2, 0.25) is 0 Å². The Morgan fingerprint density at radius 1 is 0.397 bits per heavy atom. The second-order valence-electron chi connectivity index (χ2n) is 14.6. The van der Waals surface area contributed by atoms with Crippen molar-refractivity contribution in [3.63, 3.8) is 0 Å². The summed E-state index contributed by atoms with van der Waals surface area (Å²) < 4.78 is 84.4. The Morgan fingerprint density at radius 3 is 1.27 bits per heavy atom. The summed E-state index contributed by atoms with van der Waals surface area (Å²) in [5, 5.41) is 0. The van der Waals surface area contributed by atoms with Gasteiger partial charge in [0.05, 0.1) is 126 Å². The molecule has 4 aromatic rings. The minimum Gasteiger partial charge on any atom is -0.462 e. The van der Waals surface area contributed by atoms with Crippen molar-refractivity contribution in [2.24, 2.45) is 0 Å². The molecule has 0 amide bonds. The van der Waals surface area contributed by atoms with Crippen LogP contribution < -0.4 is 4.74 Å². The summed E-state index contributed by atoms with van der Waals surface area (Å²) in [5.74, 6) is 0.635. The van der Waals surface area contributed by atoms with Crippen molar-refractivity contribution < 1.29 is 66.3 Å². The van der Waals surface area contributed by atoms with Crippen LogP contribution in [0.25, 0.3) is 0 Å². The average molecular weight is 877 g/mol. The molecule has 344 valence electrons. The summed E-state index contributed by atoms with van der Waals surface area (Å²) in [7, 11) is 0. The summed E-state index contributed by atoms with van der Waals surface area (Å²) in [4.78, 5) is 0. The van der Waals surface area contributed by atoms with Gasteiger partial charge in [0, 0.05) is 5.56 Å². The van der Waals surface area contributed by atoms with Crippen molar-refractivity contribution in [3.8, 4) is 5.75 Å². The van der Waals surface area contributed by atoms with E-state index >= 15 is 0 Å². The maximum Gasteiger partial charge on any atom is 0.229 e. The summed E-state index contributed by atoms with van der Waals surface area (Å²) in [6, 6.07) is 39.4. The van der Waals surface area contributed by atoms with Crippen LogP contribution in [-0.2, 0) is 74.8 Å². The Labute approximate surface area is 371 Å². The highest BCUT2D eigenvalue weighted by Gasteiger charge is 2.52. The van der Waals surface area contributed by atoms with Gasteiger partial charge in [-0.3, -0.25) is 0 Å². The molecule has 0 aliphatic carbocycles. The van der Waals surface area contributed by atoms with Crippen molar-refractivity contribution in [2.75, 3.05) is 112 Å². The smallest absolute Gasteiger partial charge is 0.229 e. The Bertz CT molecular complexity index is 1690. The monoisotopic (exact) mass is 876 g/mol. The van der Waals surface area contributed by atoms with Gasteiger partial charge in [-0.1, -0.05) is 109 Å². The Morgan fingerprint density at radius 2 is 0.794 bits per heavy atom. The van der Waals surface area contributed by atoms with Gasteiger partial charge in [-0.2, -0.15) is 0 Å². The molecule has 0 saturated carbocycles. The Balaban J connectivity index is 0.908. The van der Waals surface area contributed by atoms with Gasteiger partial charge in [-0.25, -0.2) is 0 Å². The second-order valence-corrected chi connectivity index (χ2v) is 14.6. The standard InChI is InChI=1S/C49H64O14/c1-5-13-40(14-6-1)37-56-31-29-52-23-21-50-25-27-54-33-35-58-46-45-44(39-60-48(63-45)42-17-9-3-10-18-42)62-49(61-43-19-11-4-12-20-43)47(46)59-36-34-55-28-26-51-22-24-53-30-32-57-38-41-15-7-2-8-16-41/h1-20,44-49H,21-39H2/t44-,45-,46+,47-,48-,49-/m1/s1. The van der Waals surface area contributed by atoms with Gasteiger partial charge < -0.3 is 66.3 Å². The maximum atomic E-state index is 6.59. The third kappa shape index (κ3) is 18.7. The molecule has 0 unspecified atom stereocenters. The summed E-state index contributed by atoms with van der Waals surface area (Å²) >= 11 is 0. The highest BCUT2D eigenvalue weighted by molar-refractivity contribution is 5.22. The van der Waals surface area contributed by atoms with Crippen molar-refractivity contribution >= 4 is 0 Å².